The van der Waals surface area contributed by atoms with E-state index in [1.807, 2.05) is 18.4 Å². The van der Waals surface area contributed by atoms with Gasteiger partial charge in [0.2, 0.25) is 5.88 Å². The quantitative estimate of drug-likeness (QED) is 0.306. The first kappa shape index (κ1) is 26.7. The van der Waals surface area contributed by atoms with Gasteiger partial charge in [-0.05, 0) is 43.7 Å². The number of hydrogen-bond donors (Lipinski definition) is 0. The molecule has 0 saturated carbocycles. The van der Waals surface area contributed by atoms with Crippen molar-refractivity contribution in [1.82, 2.24) is 19.1 Å². The summed E-state index contributed by atoms with van der Waals surface area (Å²) in [6.45, 7) is 3.90. The number of pyridine rings is 1. The summed E-state index contributed by atoms with van der Waals surface area (Å²) in [6, 6.07) is 6.55. The van der Waals surface area contributed by atoms with Crippen LogP contribution in [-0.4, -0.2) is 39.2 Å². The lowest BCUT2D eigenvalue weighted by Crippen LogP contribution is -2.35. The van der Waals surface area contributed by atoms with E-state index in [1.54, 1.807) is 25.4 Å². The second kappa shape index (κ2) is 10.0. The Morgan fingerprint density at radius 3 is 2.44 bits per heavy atom. The van der Waals surface area contributed by atoms with Crippen LogP contribution in [0.4, 0.5) is 10.1 Å². The predicted molar refractivity (Wildman–Crippen MR) is 146 cm³/mol. The van der Waals surface area contributed by atoms with Crippen LogP contribution < -0.4 is 19.9 Å². The highest BCUT2D eigenvalue weighted by Gasteiger charge is 2.44. The average Bonchev–Trinajstić information content (AvgIpc) is 3.42. The van der Waals surface area contributed by atoms with Crippen molar-refractivity contribution in [2.45, 2.75) is 25.9 Å². The summed E-state index contributed by atoms with van der Waals surface area (Å²) < 4.78 is 28.7. The molecule has 5 rings (SSSR count). The Morgan fingerprint density at radius 1 is 1.05 bits per heavy atom. The summed E-state index contributed by atoms with van der Waals surface area (Å²) in [6.07, 6.45) is 3.01. The standard InChI is InChI=1S/C27H24Cl2FN5O4/c1-13(2)34-20(17-11-31-27(39-5)32-24(17)38-4)10-16-23(34)22(14-6-7-18(29)19(30)8-14)35(25(16)36)21-9-15(28)12-33(3)26(21)37/h6-13,22H,1-5H3. The SMILES string of the molecule is COc1ncc(-c2cc3c(n2C(C)C)C(c2ccc(Cl)c(F)c2)N(c2cc(Cl)cn(C)c2=O)C3=O)c(OC)n1. The van der Waals surface area contributed by atoms with Crippen LogP contribution >= 0.6 is 23.2 Å². The van der Waals surface area contributed by atoms with Crippen LogP contribution in [0.15, 0.2) is 47.5 Å². The number of anilines is 1. The first-order valence-corrected chi connectivity index (χ1v) is 12.7. The second-order valence-corrected chi connectivity index (χ2v) is 10.1. The van der Waals surface area contributed by atoms with E-state index >= 15 is 0 Å². The predicted octanol–water partition coefficient (Wildman–Crippen LogP) is 5.44. The monoisotopic (exact) mass is 571 g/mol. The van der Waals surface area contributed by atoms with E-state index in [9.17, 15) is 14.0 Å². The number of hydrogen-bond acceptors (Lipinski definition) is 6. The van der Waals surface area contributed by atoms with Crippen molar-refractivity contribution in [3.63, 3.8) is 0 Å². The minimum atomic E-state index is -0.869. The molecule has 0 aliphatic carbocycles. The zero-order chi connectivity index (χ0) is 28.2. The number of benzene rings is 1. The highest BCUT2D eigenvalue weighted by molar-refractivity contribution is 6.31. The average molecular weight is 572 g/mol. The molecule has 1 atom stereocenters. The van der Waals surface area contributed by atoms with Gasteiger partial charge in [-0.3, -0.25) is 14.5 Å². The van der Waals surface area contributed by atoms with E-state index in [0.717, 1.165) is 0 Å². The Bertz CT molecular complexity index is 1680. The van der Waals surface area contributed by atoms with Crippen molar-refractivity contribution in [2.75, 3.05) is 19.1 Å². The maximum atomic E-state index is 14.8. The molecule has 1 amide bonds. The van der Waals surface area contributed by atoms with Crippen LogP contribution in [0.3, 0.4) is 0 Å². The number of methoxy groups -OCH3 is 2. The molecule has 0 saturated heterocycles. The zero-order valence-corrected chi connectivity index (χ0v) is 23.2. The fourth-order valence-electron chi connectivity index (χ4n) is 4.97. The van der Waals surface area contributed by atoms with Crippen molar-refractivity contribution < 1.29 is 18.7 Å². The maximum Gasteiger partial charge on any atom is 0.319 e. The molecule has 1 unspecified atom stereocenters. The molecule has 0 bridgehead atoms. The number of nitrogens with zero attached hydrogens (tertiary/aromatic N) is 5. The molecule has 0 spiro atoms. The number of carbonyl (C=O) groups is 1. The number of ether oxygens (including phenoxy) is 2. The topological polar surface area (TPSA) is 91.5 Å². The lowest BCUT2D eigenvalue weighted by molar-refractivity contribution is 0.0993. The number of halogens is 3. The molecule has 4 heterocycles. The van der Waals surface area contributed by atoms with Crippen molar-refractivity contribution >= 4 is 34.8 Å². The fourth-order valence-corrected chi connectivity index (χ4v) is 5.34. The van der Waals surface area contributed by atoms with Crippen LogP contribution in [0.2, 0.25) is 10.0 Å². The van der Waals surface area contributed by atoms with Gasteiger partial charge in [0.25, 0.3) is 11.5 Å². The molecule has 39 heavy (non-hydrogen) atoms. The van der Waals surface area contributed by atoms with Gasteiger partial charge in [-0.1, -0.05) is 29.3 Å². The second-order valence-electron chi connectivity index (χ2n) is 9.28. The molecule has 1 aliphatic rings. The van der Waals surface area contributed by atoms with Crippen molar-refractivity contribution in [1.29, 1.82) is 0 Å². The van der Waals surface area contributed by atoms with E-state index in [2.05, 4.69) is 9.97 Å². The molecule has 202 valence electrons. The molecule has 9 nitrogen and oxygen atoms in total. The molecule has 1 aromatic carbocycles. The smallest absolute Gasteiger partial charge is 0.319 e. The number of carbonyl (C=O) groups excluding carboxylic acids is 1. The van der Waals surface area contributed by atoms with Gasteiger partial charge < -0.3 is 18.6 Å². The summed E-state index contributed by atoms with van der Waals surface area (Å²) in [5.41, 5.74) is 2.09. The van der Waals surface area contributed by atoms with Gasteiger partial charge in [0.1, 0.15) is 17.5 Å². The summed E-state index contributed by atoms with van der Waals surface area (Å²) in [5, 5.41) is 0.207. The van der Waals surface area contributed by atoms with E-state index in [4.69, 9.17) is 32.7 Å². The summed E-state index contributed by atoms with van der Waals surface area (Å²) in [7, 11) is 4.47. The van der Waals surface area contributed by atoms with Crippen molar-refractivity contribution in [2.24, 2.45) is 7.05 Å². The fraction of sp³-hybridized carbons (Fsp3) is 0.259. The first-order valence-electron chi connectivity index (χ1n) is 11.9. The number of rotatable bonds is 6. The number of aromatic nitrogens is 4. The van der Waals surface area contributed by atoms with E-state index in [0.29, 0.717) is 28.1 Å². The van der Waals surface area contributed by atoms with E-state index in [1.165, 1.54) is 48.1 Å². The van der Waals surface area contributed by atoms with Crippen molar-refractivity contribution in [3.05, 3.63) is 85.8 Å². The molecular formula is C27H24Cl2FN5O4. The Balaban J connectivity index is 1.82. The Hall–Kier alpha value is -3.89. The highest BCUT2D eigenvalue weighted by Crippen LogP contribution is 2.47. The Labute approximate surface area is 233 Å². The van der Waals surface area contributed by atoms with Crippen LogP contribution in [-0.2, 0) is 7.05 Å². The molecule has 0 fully saturated rings. The van der Waals surface area contributed by atoms with Gasteiger partial charge >= 0.3 is 6.01 Å². The minimum Gasteiger partial charge on any atom is -0.480 e. The third-order valence-corrected chi connectivity index (χ3v) is 7.11. The molecule has 0 N–H and O–H groups in total. The zero-order valence-electron chi connectivity index (χ0n) is 21.7. The normalized spacial score (nSPS) is 14.7. The third-order valence-electron chi connectivity index (χ3n) is 6.59. The van der Waals surface area contributed by atoms with Crippen LogP contribution in [0.25, 0.3) is 11.3 Å². The molecule has 4 aromatic rings. The van der Waals surface area contributed by atoms with Gasteiger partial charge in [0.05, 0.1) is 46.8 Å². The number of aryl methyl sites for hydroxylation is 1. The Morgan fingerprint density at radius 2 is 1.79 bits per heavy atom. The number of fused-ring (bicyclic) bond motifs is 1. The number of amides is 1. The minimum absolute atomic E-state index is 0.0615. The summed E-state index contributed by atoms with van der Waals surface area (Å²) in [4.78, 5) is 37.2. The van der Waals surface area contributed by atoms with Gasteiger partial charge in [0.15, 0.2) is 0 Å². The lowest BCUT2D eigenvalue weighted by atomic mass is 10.0. The van der Waals surface area contributed by atoms with Gasteiger partial charge in [-0.15, -0.1) is 0 Å². The largest absolute Gasteiger partial charge is 0.480 e. The van der Waals surface area contributed by atoms with Crippen LogP contribution in [0, 0.1) is 5.82 Å². The first-order chi connectivity index (χ1) is 18.6. The molecular weight excluding hydrogens is 548 g/mol. The van der Waals surface area contributed by atoms with Crippen molar-refractivity contribution in [3.8, 4) is 23.1 Å². The van der Waals surface area contributed by atoms with Crippen LogP contribution in [0.5, 0.6) is 11.9 Å². The van der Waals surface area contributed by atoms with E-state index in [-0.39, 0.29) is 33.7 Å². The van der Waals surface area contributed by atoms with Gasteiger partial charge in [0, 0.05) is 25.5 Å². The van der Waals surface area contributed by atoms with Gasteiger partial charge in [-0.2, -0.15) is 4.98 Å². The maximum absolute atomic E-state index is 14.8. The molecule has 3 aromatic heterocycles. The third kappa shape index (κ3) is 4.33. The molecule has 0 radical (unpaired) electrons. The Kier molecular flexibility index (Phi) is 6.86. The lowest BCUT2D eigenvalue weighted by Gasteiger charge is -2.29. The van der Waals surface area contributed by atoms with Gasteiger partial charge in [-0.25, -0.2) is 9.37 Å². The summed E-state index contributed by atoms with van der Waals surface area (Å²) >= 11 is 12.3. The molecule has 12 heteroatoms. The highest BCUT2D eigenvalue weighted by atomic mass is 35.5. The van der Waals surface area contributed by atoms with Crippen LogP contribution in [0.1, 0.15) is 47.5 Å². The van der Waals surface area contributed by atoms with E-state index < -0.39 is 23.3 Å². The summed E-state index contributed by atoms with van der Waals surface area (Å²) in [5.74, 6) is -0.845. The molecule has 1 aliphatic heterocycles.